The highest BCUT2D eigenvalue weighted by molar-refractivity contribution is 5.91. The van der Waals surface area contributed by atoms with Gasteiger partial charge < -0.3 is 9.47 Å². The molecule has 1 atom stereocenters. The normalized spacial score (nSPS) is 11.8. The molecule has 0 aliphatic rings. The summed E-state index contributed by atoms with van der Waals surface area (Å²) in [6, 6.07) is 14.4. The molecule has 0 aliphatic carbocycles. The van der Waals surface area contributed by atoms with Gasteiger partial charge >= 0.3 is 5.97 Å². The first-order valence-corrected chi connectivity index (χ1v) is 12.8. The molecule has 0 saturated carbocycles. The van der Waals surface area contributed by atoms with E-state index < -0.39 is 6.17 Å². The third-order valence-corrected chi connectivity index (χ3v) is 5.84. The van der Waals surface area contributed by atoms with Gasteiger partial charge in [0.15, 0.2) is 0 Å². The number of halogens is 1. The highest BCUT2D eigenvalue weighted by Gasteiger charge is 2.10. The van der Waals surface area contributed by atoms with Gasteiger partial charge in [0.25, 0.3) is 0 Å². The van der Waals surface area contributed by atoms with Crippen LogP contribution in [0.5, 0.6) is 11.5 Å². The monoisotopic (exact) mass is 456 g/mol. The van der Waals surface area contributed by atoms with Crippen LogP contribution >= 0.6 is 0 Å². The minimum absolute atomic E-state index is 0.0519. The molecule has 0 amide bonds. The Morgan fingerprint density at radius 1 is 0.758 bits per heavy atom. The Bertz CT molecular complexity index is 770. The van der Waals surface area contributed by atoms with Crippen LogP contribution in [-0.2, 0) is 6.42 Å². The highest BCUT2D eigenvalue weighted by Crippen LogP contribution is 2.20. The highest BCUT2D eigenvalue weighted by atomic mass is 19.1. The first kappa shape index (κ1) is 26.9. The summed E-state index contributed by atoms with van der Waals surface area (Å²) < 4.78 is 24.9. The number of carbonyl (C=O) groups is 1. The predicted molar refractivity (Wildman–Crippen MR) is 134 cm³/mol. The maximum atomic E-state index is 13.9. The van der Waals surface area contributed by atoms with Crippen LogP contribution < -0.4 is 9.47 Å². The molecule has 2 aromatic rings. The van der Waals surface area contributed by atoms with Crippen LogP contribution in [0.1, 0.15) is 100 Å². The van der Waals surface area contributed by atoms with E-state index in [0.29, 0.717) is 23.5 Å². The van der Waals surface area contributed by atoms with E-state index in [1.54, 1.807) is 24.3 Å². The Balaban J connectivity index is 1.70. The molecule has 0 aromatic heterocycles. The molecule has 0 spiro atoms. The first-order valence-electron chi connectivity index (χ1n) is 12.8. The molecule has 33 heavy (non-hydrogen) atoms. The average Bonchev–Trinajstić information content (AvgIpc) is 2.84. The molecule has 0 aliphatic heterocycles. The van der Waals surface area contributed by atoms with Gasteiger partial charge in [-0.05, 0) is 61.2 Å². The molecular formula is C29H41FO3. The van der Waals surface area contributed by atoms with Gasteiger partial charge in [-0.1, -0.05) is 83.8 Å². The second-order valence-electron chi connectivity index (χ2n) is 8.83. The summed E-state index contributed by atoms with van der Waals surface area (Å²) in [7, 11) is 0. The van der Waals surface area contributed by atoms with Crippen LogP contribution in [0.3, 0.4) is 0 Å². The van der Waals surface area contributed by atoms with Crippen LogP contribution in [0, 0.1) is 0 Å². The SMILES string of the molecule is CCCCCCCCc1ccc(C(=O)Oc2ccc(OCC(F)CCCCCC)cc2)cc1. The maximum Gasteiger partial charge on any atom is 0.343 e. The van der Waals surface area contributed by atoms with E-state index in [9.17, 15) is 9.18 Å². The fourth-order valence-electron chi connectivity index (χ4n) is 3.75. The van der Waals surface area contributed by atoms with Crippen LogP contribution in [0.2, 0.25) is 0 Å². The molecule has 0 saturated heterocycles. The van der Waals surface area contributed by atoms with E-state index in [2.05, 4.69) is 13.8 Å². The lowest BCUT2D eigenvalue weighted by atomic mass is 10.0. The summed E-state index contributed by atoms with van der Waals surface area (Å²) in [6.45, 7) is 4.43. The number of carbonyl (C=O) groups excluding carboxylic acids is 1. The van der Waals surface area contributed by atoms with Crippen LogP contribution in [-0.4, -0.2) is 18.7 Å². The Hall–Kier alpha value is -2.36. The number of esters is 1. The van der Waals surface area contributed by atoms with Crippen molar-refractivity contribution in [3.05, 3.63) is 59.7 Å². The zero-order valence-electron chi connectivity index (χ0n) is 20.5. The lowest BCUT2D eigenvalue weighted by molar-refractivity contribution is 0.0734. The van der Waals surface area contributed by atoms with E-state index in [0.717, 1.165) is 32.1 Å². The lowest BCUT2D eigenvalue weighted by Crippen LogP contribution is -2.13. The molecule has 1 unspecified atom stereocenters. The summed E-state index contributed by atoms with van der Waals surface area (Å²) >= 11 is 0. The number of rotatable bonds is 17. The van der Waals surface area contributed by atoms with Crippen LogP contribution in [0.4, 0.5) is 4.39 Å². The third kappa shape index (κ3) is 11.4. The second-order valence-corrected chi connectivity index (χ2v) is 8.83. The predicted octanol–water partition coefficient (Wildman–Crippen LogP) is 8.50. The summed E-state index contributed by atoms with van der Waals surface area (Å²) in [5.74, 6) is 0.635. The van der Waals surface area contributed by atoms with E-state index in [-0.39, 0.29) is 12.6 Å². The number of aryl methyl sites for hydroxylation is 1. The van der Waals surface area contributed by atoms with Crippen molar-refractivity contribution in [2.45, 2.75) is 97.1 Å². The van der Waals surface area contributed by atoms with Crippen molar-refractivity contribution in [2.75, 3.05) is 6.61 Å². The molecule has 0 radical (unpaired) electrons. The smallest absolute Gasteiger partial charge is 0.343 e. The van der Waals surface area contributed by atoms with Crippen molar-refractivity contribution in [1.82, 2.24) is 0 Å². The van der Waals surface area contributed by atoms with Crippen molar-refractivity contribution >= 4 is 5.97 Å². The number of ether oxygens (including phenoxy) is 2. The molecule has 2 rings (SSSR count). The van der Waals surface area contributed by atoms with Gasteiger partial charge in [-0.25, -0.2) is 9.18 Å². The van der Waals surface area contributed by atoms with Gasteiger partial charge in [-0.15, -0.1) is 0 Å². The number of hydrogen-bond donors (Lipinski definition) is 0. The largest absolute Gasteiger partial charge is 0.491 e. The average molecular weight is 457 g/mol. The number of benzene rings is 2. The zero-order chi connectivity index (χ0) is 23.7. The summed E-state index contributed by atoms with van der Waals surface area (Å²) in [5.41, 5.74) is 1.78. The quantitative estimate of drug-likeness (QED) is 0.136. The van der Waals surface area contributed by atoms with Gasteiger partial charge in [-0.2, -0.15) is 0 Å². The number of alkyl halides is 1. The van der Waals surface area contributed by atoms with Crippen LogP contribution in [0.25, 0.3) is 0 Å². The van der Waals surface area contributed by atoms with Gasteiger partial charge in [0.2, 0.25) is 0 Å². The maximum absolute atomic E-state index is 13.9. The third-order valence-electron chi connectivity index (χ3n) is 5.84. The van der Waals surface area contributed by atoms with Crippen molar-refractivity contribution < 1.29 is 18.7 Å². The fraction of sp³-hybridized carbons (Fsp3) is 0.552. The van der Waals surface area contributed by atoms with Crippen molar-refractivity contribution in [3.8, 4) is 11.5 Å². The van der Waals surface area contributed by atoms with Gasteiger partial charge in [0, 0.05) is 0 Å². The van der Waals surface area contributed by atoms with Gasteiger partial charge in [-0.3, -0.25) is 0 Å². The molecule has 0 N–H and O–H groups in total. The van der Waals surface area contributed by atoms with E-state index in [1.807, 2.05) is 24.3 Å². The van der Waals surface area contributed by atoms with E-state index in [4.69, 9.17) is 9.47 Å². The summed E-state index contributed by atoms with van der Waals surface area (Å²) in [4.78, 5) is 12.4. The van der Waals surface area contributed by atoms with Crippen molar-refractivity contribution in [1.29, 1.82) is 0 Å². The zero-order valence-corrected chi connectivity index (χ0v) is 20.5. The fourth-order valence-corrected chi connectivity index (χ4v) is 3.75. The molecule has 3 nitrogen and oxygen atoms in total. The topological polar surface area (TPSA) is 35.5 Å². The number of hydrogen-bond acceptors (Lipinski definition) is 3. The minimum Gasteiger partial charge on any atom is -0.491 e. The number of unbranched alkanes of at least 4 members (excludes halogenated alkanes) is 8. The standard InChI is InChI=1S/C29H41FO3/c1-3-5-7-9-10-11-13-24-15-17-25(18-16-24)29(31)33-28-21-19-27(20-22-28)32-23-26(30)14-12-8-6-4-2/h15-22,26H,3-14,23H2,1-2H3. The Morgan fingerprint density at radius 2 is 1.33 bits per heavy atom. The van der Waals surface area contributed by atoms with E-state index >= 15 is 0 Å². The molecule has 0 heterocycles. The Labute approximate surface area is 199 Å². The Morgan fingerprint density at radius 3 is 2.00 bits per heavy atom. The second kappa shape index (κ2) is 16.3. The van der Waals surface area contributed by atoms with Crippen molar-refractivity contribution in [3.63, 3.8) is 0 Å². The molecule has 4 heteroatoms. The van der Waals surface area contributed by atoms with Gasteiger partial charge in [0.05, 0.1) is 5.56 Å². The van der Waals surface area contributed by atoms with Crippen molar-refractivity contribution in [2.24, 2.45) is 0 Å². The molecular weight excluding hydrogens is 415 g/mol. The summed E-state index contributed by atoms with van der Waals surface area (Å²) in [6.07, 6.45) is 12.5. The lowest BCUT2D eigenvalue weighted by Gasteiger charge is -2.11. The summed E-state index contributed by atoms with van der Waals surface area (Å²) in [5, 5.41) is 0. The van der Waals surface area contributed by atoms with Gasteiger partial charge in [0.1, 0.15) is 24.3 Å². The molecule has 0 bridgehead atoms. The van der Waals surface area contributed by atoms with E-state index in [1.165, 1.54) is 44.1 Å². The molecule has 2 aromatic carbocycles. The Kier molecular flexibility index (Phi) is 13.3. The molecule has 182 valence electrons. The first-order chi connectivity index (χ1) is 16.1. The molecule has 0 fully saturated rings. The van der Waals surface area contributed by atoms with Crippen LogP contribution in [0.15, 0.2) is 48.5 Å². The minimum atomic E-state index is -0.955.